The molecular weight excluding hydrogens is 240 g/mol. The standard InChI is InChI=1S/C15H14N2O2/c1-11-5-6-18-14(11)9-17-13-4-2-3-12(7-13)15-8-16-10-19-15/h2-8,10,17H,9H2,1H3. The molecule has 0 saturated heterocycles. The molecule has 3 aromatic rings. The summed E-state index contributed by atoms with van der Waals surface area (Å²) in [5, 5.41) is 3.33. The molecule has 2 aromatic heterocycles. The summed E-state index contributed by atoms with van der Waals surface area (Å²) in [5.74, 6) is 1.71. The quantitative estimate of drug-likeness (QED) is 0.768. The Balaban J connectivity index is 1.75. The highest BCUT2D eigenvalue weighted by molar-refractivity contribution is 5.63. The Morgan fingerprint density at radius 2 is 2.16 bits per heavy atom. The summed E-state index contributed by atoms with van der Waals surface area (Å²) in [4.78, 5) is 3.92. The zero-order valence-electron chi connectivity index (χ0n) is 10.6. The fourth-order valence-corrected chi connectivity index (χ4v) is 1.91. The van der Waals surface area contributed by atoms with Gasteiger partial charge in [0.05, 0.1) is 19.0 Å². The van der Waals surface area contributed by atoms with Gasteiger partial charge in [-0.25, -0.2) is 4.98 Å². The summed E-state index contributed by atoms with van der Waals surface area (Å²) >= 11 is 0. The highest BCUT2D eigenvalue weighted by Crippen LogP contribution is 2.22. The lowest BCUT2D eigenvalue weighted by Crippen LogP contribution is -1.99. The van der Waals surface area contributed by atoms with Crippen LogP contribution in [0.4, 0.5) is 5.69 Å². The molecule has 4 heteroatoms. The number of oxazole rings is 1. The number of nitrogens with zero attached hydrogens (tertiary/aromatic N) is 1. The molecule has 4 nitrogen and oxygen atoms in total. The molecule has 1 aromatic carbocycles. The summed E-state index contributed by atoms with van der Waals surface area (Å²) in [6, 6.07) is 9.97. The van der Waals surface area contributed by atoms with Crippen LogP contribution < -0.4 is 5.32 Å². The van der Waals surface area contributed by atoms with Crippen LogP contribution in [0.2, 0.25) is 0 Å². The summed E-state index contributed by atoms with van der Waals surface area (Å²) in [6.45, 7) is 2.70. The Hall–Kier alpha value is -2.49. The van der Waals surface area contributed by atoms with Gasteiger partial charge in [0.2, 0.25) is 0 Å². The predicted octanol–water partition coefficient (Wildman–Crippen LogP) is 3.86. The summed E-state index contributed by atoms with van der Waals surface area (Å²) in [6.07, 6.45) is 4.84. The number of furan rings is 1. The Bertz CT molecular complexity index is 656. The van der Waals surface area contributed by atoms with Gasteiger partial charge in [-0.15, -0.1) is 0 Å². The van der Waals surface area contributed by atoms with Crippen molar-refractivity contribution >= 4 is 5.69 Å². The van der Waals surface area contributed by atoms with Crippen molar-refractivity contribution in [2.75, 3.05) is 5.32 Å². The van der Waals surface area contributed by atoms with Gasteiger partial charge >= 0.3 is 0 Å². The Morgan fingerprint density at radius 3 is 2.89 bits per heavy atom. The van der Waals surface area contributed by atoms with Gasteiger partial charge in [0.15, 0.2) is 12.2 Å². The fraction of sp³-hybridized carbons (Fsp3) is 0.133. The van der Waals surface area contributed by atoms with Crippen LogP contribution in [0.5, 0.6) is 0 Å². The highest BCUT2D eigenvalue weighted by atomic mass is 16.3. The van der Waals surface area contributed by atoms with Crippen LogP contribution in [-0.2, 0) is 6.54 Å². The zero-order valence-corrected chi connectivity index (χ0v) is 10.6. The molecule has 96 valence electrons. The van der Waals surface area contributed by atoms with E-state index in [9.17, 15) is 0 Å². The molecule has 0 amide bonds. The van der Waals surface area contributed by atoms with Gasteiger partial charge in [-0.2, -0.15) is 0 Å². The maximum Gasteiger partial charge on any atom is 0.181 e. The Morgan fingerprint density at radius 1 is 1.21 bits per heavy atom. The Labute approximate surface area is 111 Å². The number of aryl methyl sites for hydroxylation is 1. The molecule has 0 spiro atoms. The molecule has 0 bridgehead atoms. The maximum absolute atomic E-state index is 5.40. The third kappa shape index (κ3) is 2.52. The largest absolute Gasteiger partial charge is 0.467 e. The summed E-state index contributed by atoms with van der Waals surface area (Å²) in [5.41, 5.74) is 3.17. The molecule has 1 N–H and O–H groups in total. The first-order valence-corrected chi connectivity index (χ1v) is 6.09. The highest BCUT2D eigenvalue weighted by Gasteiger charge is 2.04. The molecule has 3 rings (SSSR count). The first-order valence-electron chi connectivity index (χ1n) is 6.09. The lowest BCUT2D eigenvalue weighted by atomic mass is 10.1. The van der Waals surface area contributed by atoms with Crippen molar-refractivity contribution in [2.24, 2.45) is 0 Å². The number of aromatic nitrogens is 1. The van der Waals surface area contributed by atoms with Gasteiger partial charge in [-0.3, -0.25) is 0 Å². The molecule has 0 aliphatic carbocycles. The number of rotatable bonds is 4. The average Bonchev–Trinajstić information content (AvgIpc) is 3.08. The topological polar surface area (TPSA) is 51.2 Å². The molecule has 19 heavy (non-hydrogen) atoms. The van der Waals surface area contributed by atoms with Crippen LogP contribution in [0.3, 0.4) is 0 Å². The smallest absolute Gasteiger partial charge is 0.181 e. The Kier molecular flexibility index (Phi) is 3.06. The van der Waals surface area contributed by atoms with Crippen molar-refractivity contribution in [1.82, 2.24) is 4.98 Å². The molecule has 0 unspecified atom stereocenters. The lowest BCUT2D eigenvalue weighted by molar-refractivity contribution is 0.515. The summed E-state index contributed by atoms with van der Waals surface area (Å²) in [7, 11) is 0. The summed E-state index contributed by atoms with van der Waals surface area (Å²) < 4.78 is 10.7. The molecule has 0 atom stereocenters. The van der Waals surface area contributed by atoms with Crippen LogP contribution in [0, 0.1) is 6.92 Å². The maximum atomic E-state index is 5.40. The SMILES string of the molecule is Cc1ccoc1CNc1cccc(-c2cnco2)c1. The predicted molar refractivity (Wildman–Crippen MR) is 72.7 cm³/mol. The van der Waals surface area contributed by atoms with E-state index in [0.29, 0.717) is 6.54 Å². The van der Waals surface area contributed by atoms with E-state index in [0.717, 1.165) is 28.3 Å². The first-order chi connectivity index (χ1) is 9.33. The van der Waals surface area contributed by atoms with Crippen molar-refractivity contribution in [3.05, 3.63) is 60.5 Å². The van der Waals surface area contributed by atoms with Crippen LogP contribution in [0.25, 0.3) is 11.3 Å². The van der Waals surface area contributed by atoms with Crippen molar-refractivity contribution in [3.8, 4) is 11.3 Å². The van der Waals surface area contributed by atoms with Gasteiger partial charge in [0.1, 0.15) is 5.76 Å². The number of nitrogens with one attached hydrogen (secondary N) is 1. The van der Waals surface area contributed by atoms with E-state index in [2.05, 4.69) is 10.3 Å². The van der Waals surface area contributed by atoms with Crippen molar-refractivity contribution < 1.29 is 8.83 Å². The van der Waals surface area contributed by atoms with Crippen LogP contribution in [0.15, 0.2) is 58.0 Å². The molecule has 0 fully saturated rings. The fourth-order valence-electron chi connectivity index (χ4n) is 1.91. The second-order valence-electron chi connectivity index (χ2n) is 4.33. The number of anilines is 1. The van der Waals surface area contributed by atoms with E-state index in [1.165, 1.54) is 6.39 Å². The van der Waals surface area contributed by atoms with Crippen molar-refractivity contribution in [2.45, 2.75) is 13.5 Å². The van der Waals surface area contributed by atoms with E-state index < -0.39 is 0 Å². The van der Waals surface area contributed by atoms with E-state index in [-0.39, 0.29) is 0 Å². The van der Waals surface area contributed by atoms with Gasteiger partial charge in [0.25, 0.3) is 0 Å². The van der Waals surface area contributed by atoms with Gasteiger partial charge in [0, 0.05) is 11.3 Å². The third-order valence-corrected chi connectivity index (χ3v) is 3.00. The minimum atomic E-state index is 0.665. The van der Waals surface area contributed by atoms with Crippen LogP contribution >= 0.6 is 0 Å². The normalized spacial score (nSPS) is 10.6. The second kappa shape index (κ2) is 5.02. The van der Waals surface area contributed by atoms with E-state index in [1.807, 2.05) is 37.3 Å². The number of benzene rings is 1. The minimum absolute atomic E-state index is 0.665. The third-order valence-electron chi connectivity index (χ3n) is 3.00. The molecular formula is C15H14N2O2. The van der Waals surface area contributed by atoms with Gasteiger partial charge in [-0.1, -0.05) is 12.1 Å². The molecule has 0 radical (unpaired) electrons. The van der Waals surface area contributed by atoms with E-state index >= 15 is 0 Å². The molecule has 2 heterocycles. The lowest BCUT2D eigenvalue weighted by Gasteiger charge is -2.06. The van der Waals surface area contributed by atoms with Crippen molar-refractivity contribution in [1.29, 1.82) is 0 Å². The number of hydrogen-bond donors (Lipinski definition) is 1. The monoisotopic (exact) mass is 254 g/mol. The second-order valence-corrected chi connectivity index (χ2v) is 4.33. The zero-order chi connectivity index (χ0) is 13.1. The van der Waals surface area contributed by atoms with E-state index in [1.54, 1.807) is 12.5 Å². The molecule has 0 saturated carbocycles. The van der Waals surface area contributed by atoms with E-state index in [4.69, 9.17) is 8.83 Å². The van der Waals surface area contributed by atoms with Gasteiger partial charge < -0.3 is 14.2 Å². The molecule has 0 aliphatic rings. The average molecular weight is 254 g/mol. The minimum Gasteiger partial charge on any atom is -0.467 e. The van der Waals surface area contributed by atoms with Crippen molar-refractivity contribution in [3.63, 3.8) is 0 Å². The molecule has 0 aliphatic heterocycles. The van der Waals surface area contributed by atoms with Crippen LogP contribution in [0.1, 0.15) is 11.3 Å². The van der Waals surface area contributed by atoms with Crippen LogP contribution in [-0.4, -0.2) is 4.98 Å². The van der Waals surface area contributed by atoms with Gasteiger partial charge in [-0.05, 0) is 30.7 Å². The first kappa shape index (κ1) is 11.6. The number of hydrogen-bond acceptors (Lipinski definition) is 4.